The monoisotopic (exact) mass is 474 g/mol. The Balaban J connectivity index is 1.75. The number of amides is 2. The van der Waals surface area contributed by atoms with E-state index >= 15 is 0 Å². The van der Waals surface area contributed by atoms with E-state index in [4.69, 9.17) is 0 Å². The number of carbonyl (C=O) groups excluding carboxylic acids is 2. The summed E-state index contributed by atoms with van der Waals surface area (Å²) in [4.78, 5) is 29.9. The van der Waals surface area contributed by atoms with Crippen LogP contribution in [0, 0.1) is 23.2 Å². The molecule has 0 bridgehead atoms. The van der Waals surface area contributed by atoms with Crippen LogP contribution in [0.2, 0.25) is 0 Å². The zero-order valence-electron chi connectivity index (χ0n) is 21.5. The Labute approximate surface area is 209 Å². The van der Waals surface area contributed by atoms with Gasteiger partial charge < -0.3 is 15.1 Å². The quantitative estimate of drug-likeness (QED) is 0.527. The van der Waals surface area contributed by atoms with Crippen molar-refractivity contribution >= 4 is 23.2 Å². The van der Waals surface area contributed by atoms with Crippen molar-refractivity contribution in [3.8, 4) is 6.07 Å². The molecule has 2 aromatic rings. The molecule has 0 radical (unpaired) electrons. The van der Waals surface area contributed by atoms with Gasteiger partial charge in [0, 0.05) is 37.8 Å². The predicted molar refractivity (Wildman–Crippen MR) is 141 cm³/mol. The molecule has 3 rings (SSSR count). The van der Waals surface area contributed by atoms with Crippen LogP contribution in [0.15, 0.2) is 48.5 Å². The number of piperidine rings is 1. The first kappa shape index (κ1) is 26.3. The van der Waals surface area contributed by atoms with Crippen molar-refractivity contribution in [2.45, 2.75) is 52.9 Å². The van der Waals surface area contributed by atoms with E-state index < -0.39 is 0 Å². The smallest absolute Gasteiger partial charge is 0.230 e. The fraction of sp³-hybridized carbons (Fsp3) is 0.483. The van der Waals surface area contributed by atoms with Gasteiger partial charge >= 0.3 is 0 Å². The average Bonchev–Trinajstić information content (AvgIpc) is 2.90. The molecular weight excluding hydrogens is 436 g/mol. The van der Waals surface area contributed by atoms with Crippen molar-refractivity contribution in [3.63, 3.8) is 0 Å². The molecule has 6 heteroatoms. The maximum absolute atomic E-state index is 13.5. The summed E-state index contributed by atoms with van der Waals surface area (Å²) in [5.41, 5.74) is 3.18. The third-order valence-corrected chi connectivity index (χ3v) is 7.30. The van der Waals surface area contributed by atoms with E-state index in [9.17, 15) is 14.9 Å². The summed E-state index contributed by atoms with van der Waals surface area (Å²) >= 11 is 0. The molecule has 0 saturated carbocycles. The van der Waals surface area contributed by atoms with Crippen LogP contribution in [0.25, 0.3) is 0 Å². The Morgan fingerprint density at radius 2 is 1.74 bits per heavy atom. The molecule has 2 aromatic carbocycles. The molecule has 2 atom stereocenters. The topological polar surface area (TPSA) is 76.4 Å². The number of benzene rings is 2. The number of nitriles is 1. The summed E-state index contributed by atoms with van der Waals surface area (Å²) < 4.78 is 0. The summed E-state index contributed by atoms with van der Waals surface area (Å²) in [5.74, 6) is 0.206. The minimum atomic E-state index is -0.146. The lowest BCUT2D eigenvalue weighted by Crippen LogP contribution is -2.42. The zero-order valence-corrected chi connectivity index (χ0v) is 21.5. The molecule has 186 valence electrons. The molecule has 0 aromatic heterocycles. The lowest BCUT2D eigenvalue weighted by atomic mass is 9.79. The second kappa shape index (κ2) is 12.4. The van der Waals surface area contributed by atoms with Gasteiger partial charge in [-0.05, 0) is 62.8 Å². The molecule has 1 saturated heterocycles. The number of hydrogen-bond acceptors (Lipinski definition) is 4. The normalized spacial score (nSPS) is 15.7. The van der Waals surface area contributed by atoms with E-state index in [1.165, 1.54) is 0 Å². The third-order valence-electron chi connectivity index (χ3n) is 7.30. The first-order valence-electron chi connectivity index (χ1n) is 12.9. The highest BCUT2D eigenvalue weighted by atomic mass is 16.2. The van der Waals surface area contributed by atoms with Crippen LogP contribution in [0.3, 0.4) is 0 Å². The summed E-state index contributed by atoms with van der Waals surface area (Å²) in [7, 11) is 0. The lowest BCUT2D eigenvalue weighted by Gasteiger charge is -2.38. The molecular formula is C29H38N4O2. The molecule has 1 N–H and O–H groups in total. The van der Waals surface area contributed by atoms with Gasteiger partial charge in [0.1, 0.15) is 6.07 Å². The molecule has 2 amide bonds. The number of rotatable bonds is 9. The summed E-state index contributed by atoms with van der Waals surface area (Å²) in [6, 6.07) is 18.0. The van der Waals surface area contributed by atoms with Crippen molar-refractivity contribution in [3.05, 3.63) is 59.7 Å². The number of nitrogens with zero attached hydrogens (tertiary/aromatic N) is 3. The van der Waals surface area contributed by atoms with Crippen LogP contribution >= 0.6 is 0 Å². The van der Waals surface area contributed by atoms with Gasteiger partial charge in [0.2, 0.25) is 11.8 Å². The first-order valence-corrected chi connectivity index (χ1v) is 12.9. The fourth-order valence-corrected chi connectivity index (χ4v) is 4.91. The van der Waals surface area contributed by atoms with E-state index in [1.54, 1.807) is 6.07 Å². The standard InChI is InChI=1S/C29H38N4O2/c1-5-21(4)28(34)31-25-13-14-26(24(19-25)20-30)33-17-15-23(16-18-33)27(22-11-9-8-10-12-22)29(35)32(6-2)7-3/h8-14,19,21,23,27H,5-7,15-18H2,1-4H3,(H,31,34). The van der Waals surface area contributed by atoms with Gasteiger partial charge in [0.05, 0.1) is 17.2 Å². The van der Waals surface area contributed by atoms with Crippen LogP contribution in [0.1, 0.15) is 64.0 Å². The Morgan fingerprint density at radius 3 is 2.31 bits per heavy atom. The Morgan fingerprint density at radius 1 is 1.09 bits per heavy atom. The highest BCUT2D eigenvalue weighted by Gasteiger charge is 2.35. The number of carbonyl (C=O) groups is 2. The molecule has 0 aliphatic carbocycles. The maximum Gasteiger partial charge on any atom is 0.230 e. The van der Waals surface area contributed by atoms with Crippen LogP contribution in [-0.2, 0) is 9.59 Å². The minimum Gasteiger partial charge on any atom is -0.370 e. The van der Waals surface area contributed by atoms with Crippen molar-refractivity contribution in [1.29, 1.82) is 5.26 Å². The molecule has 1 aliphatic heterocycles. The van der Waals surface area contributed by atoms with Crippen molar-refractivity contribution in [1.82, 2.24) is 4.90 Å². The van der Waals surface area contributed by atoms with Gasteiger partial charge in [0.15, 0.2) is 0 Å². The summed E-state index contributed by atoms with van der Waals surface area (Å²) in [6.07, 6.45) is 2.53. The van der Waals surface area contributed by atoms with Crippen molar-refractivity contribution < 1.29 is 9.59 Å². The second-order valence-electron chi connectivity index (χ2n) is 9.37. The van der Waals surface area contributed by atoms with Crippen LogP contribution in [-0.4, -0.2) is 42.9 Å². The van der Waals surface area contributed by atoms with Crippen molar-refractivity contribution in [2.24, 2.45) is 11.8 Å². The SMILES string of the molecule is CCC(C)C(=O)Nc1ccc(N2CCC(C(C(=O)N(CC)CC)c3ccccc3)CC2)c(C#N)c1. The highest BCUT2D eigenvalue weighted by Crippen LogP contribution is 2.36. The number of likely N-dealkylation sites (N-methyl/N-ethyl adjacent to an activating group) is 1. The van der Waals surface area contributed by atoms with Gasteiger partial charge in [-0.15, -0.1) is 0 Å². The second-order valence-corrected chi connectivity index (χ2v) is 9.37. The van der Waals surface area contributed by atoms with Gasteiger partial charge in [-0.2, -0.15) is 5.26 Å². The van der Waals surface area contributed by atoms with E-state index in [2.05, 4.69) is 28.4 Å². The molecule has 1 aliphatic rings. The van der Waals surface area contributed by atoms with Crippen LogP contribution in [0.4, 0.5) is 11.4 Å². The van der Waals surface area contributed by atoms with Crippen LogP contribution < -0.4 is 10.2 Å². The average molecular weight is 475 g/mol. The number of anilines is 2. The zero-order chi connectivity index (χ0) is 25.4. The maximum atomic E-state index is 13.5. The van der Waals surface area contributed by atoms with Gasteiger partial charge in [-0.1, -0.05) is 44.2 Å². The van der Waals surface area contributed by atoms with Gasteiger partial charge in [0.25, 0.3) is 0 Å². The van der Waals surface area contributed by atoms with E-state index in [1.807, 2.05) is 62.9 Å². The summed E-state index contributed by atoms with van der Waals surface area (Å²) in [5, 5.41) is 12.7. The van der Waals surface area contributed by atoms with Gasteiger partial charge in [-0.25, -0.2) is 0 Å². The molecule has 6 nitrogen and oxygen atoms in total. The Hall–Kier alpha value is -3.33. The van der Waals surface area contributed by atoms with E-state index in [0.717, 1.165) is 43.6 Å². The Kier molecular flexibility index (Phi) is 9.31. The van der Waals surface area contributed by atoms with Gasteiger partial charge in [-0.3, -0.25) is 9.59 Å². The molecule has 0 spiro atoms. The Bertz CT molecular complexity index is 1030. The number of hydrogen-bond donors (Lipinski definition) is 1. The van der Waals surface area contributed by atoms with Crippen LogP contribution in [0.5, 0.6) is 0 Å². The lowest BCUT2D eigenvalue weighted by molar-refractivity contribution is -0.134. The summed E-state index contributed by atoms with van der Waals surface area (Å²) in [6.45, 7) is 10.9. The third kappa shape index (κ3) is 6.22. The minimum absolute atomic E-state index is 0.0326. The molecule has 35 heavy (non-hydrogen) atoms. The number of nitrogens with one attached hydrogen (secondary N) is 1. The molecule has 1 fully saturated rings. The molecule has 2 unspecified atom stereocenters. The highest BCUT2D eigenvalue weighted by molar-refractivity contribution is 5.92. The molecule has 1 heterocycles. The largest absolute Gasteiger partial charge is 0.370 e. The fourth-order valence-electron chi connectivity index (χ4n) is 4.91. The van der Waals surface area contributed by atoms with E-state index in [-0.39, 0.29) is 29.6 Å². The predicted octanol–water partition coefficient (Wildman–Crippen LogP) is 5.41. The van der Waals surface area contributed by atoms with E-state index in [0.29, 0.717) is 24.3 Å². The first-order chi connectivity index (χ1) is 16.9. The van der Waals surface area contributed by atoms with Crippen molar-refractivity contribution in [2.75, 3.05) is 36.4 Å².